The van der Waals surface area contributed by atoms with Gasteiger partial charge in [-0.25, -0.2) is 9.97 Å². The average molecular weight is 331 g/mol. The highest BCUT2D eigenvalue weighted by molar-refractivity contribution is 5.90. The first-order chi connectivity index (χ1) is 12.2. The monoisotopic (exact) mass is 331 g/mol. The summed E-state index contributed by atoms with van der Waals surface area (Å²) in [4.78, 5) is 9.70. The van der Waals surface area contributed by atoms with Crippen molar-refractivity contribution in [2.45, 2.75) is 45.6 Å². The molecule has 3 nitrogen and oxygen atoms in total. The smallest absolute Gasteiger partial charge is 0.162 e. The summed E-state index contributed by atoms with van der Waals surface area (Å²) in [6.45, 7) is 4.45. The molecule has 1 aromatic heterocycles. The highest BCUT2D eigenvalue weighted by atomic mass is 15.1. The van der Waals surface area contributed by atoms with E-state index in [0.717, 1.165) is 28.1 Å². The molecule has 3 aromatic rings. The van der Waals surface area contributed by atoms with Crippen molar-refractivity contribution in [2.75, 3.05) is 5.32 Å². The predicted molar refractivity (Wildman–Crippen MR) is 105 cm³/mol. The SMILES string of the molecule is Cc1ccc(-c2nc(NC3CCCCC3C)c3ccccc3n2)cc1. The Labute approximate surface area is 149 Å². The van der Waals surface area contributed by atoms with Gasteiger partial charge in [0.2, 0.25) is 0 Å². The lowest BCUT2D eigenvalue weighted by Crippen LogP contribution is -2.30. The molecule has 0 bridgehead atoms. The number of aryl methyl sites for hydroxylation is 1. The van der Waals surface area contributed by atoms with Crippen molar-refractivity contribution in [1.82, 2.24) is 9.97 Å². The summed E-state index contributed by atoms with van der Waals surface area (Å²) < 4.78 is 0. The Bertz CT molecular complexity index is 870. The molecule has 0 amide bonds. The van der Waals surface area contributed by atoms with E-state index < -0.39 is 0 Å². The average Bonchev–Trinajstić information content (AvgIpc) is 2.64. The number of hydrogen-bond acceptors (Lipinski definition) is 3. The third-order valence-electron chi connectivity index (χ3n) is 5.35. The van der Waals surface area contributed by atoms with Gasteiger partial charge in [-0.2, -0.15) is 0 Å². The van der Waals surface area contributed by atoms with Crippen LogP contribution in [0, 0.1) is 12.8 Å². The Kier molecular flexibility index (Phi) is 4.39. The number of fused-ring (bicyclic) bond motifs is 1. The van der Waals surface area contributed by atoms with Crippen molar-refractivity contribution < 1.29 is 0 Å². The first-order valence-corrected chi connectivity index (χ1v) is 9.31. The van der Waals surface area contributed by atoms with Crippen LogP contribution in [0.25, 0.3) is 22.3 Å². The Morgan fingerprint density at radius 1 is 0.920 bits per heavy atom. The zero-order valence-electron chi connectivity index (χ0n) is 15.0. The third kappa shape index (κ3) is 3.37. The van der Waals surface area contributed by atoms with Crippen LogP contribution in [0.1, 0.15) is 38.2 Å². The highest BCUT2D eigenvalue weighted by Gasteiger charge is 2.22. The second-order valence-electron chi connectivity index (χ2n) is 7.29. The fourth-order valence-corrected chi connectivity index (χ4v) is 3.72. The van der Waals surface area contributed by atoms with Crippen LogP contribution in [0.5, 0.6) is 0 Å². The summed E-state index contributed by atoms with van der Waals surface area (Å²) in [6, 6.07) is 17.2. The van der Waals surface area contributed by atoms with Crippen molar-refractivity contribution in [2.24, 2.45) is 5.92 Å². The number of aromatic nitrogens is 2. The summed E-state index contributed by atoms with van der Waals surface area (Å²) in [6.07, 6.45) is 5.17. The van der Waals surface area contributed by atoms with Crippen LogP contribution in [0.4, 0.5) is 5.82 Å². The van der Waals surface area contributed by atoms with Gasteiger partial charge < -0.3 is 5.32 Å². The van der Waals surface area contributed by atoms with E-state index in [4.69, 9.17) is 9.97 Å². The number of rotatable bonds is 3. The molecule has 3 heteroatoms. The maximum absolute atomic E-state index is 4.91. The van der Waals surface area contributed by atoms with Crippen molar-refractivity contribution in [1.29, 1.82) is 0 Å². The molecule has 2 aromatic carbocycles. The molecule has 2 unspecified atom stereocenters. The summed E-state index contributed by atoms with van der Waals surface area (Å²) in [7, 11) is 0. The van der Waals surface area contributed by atoms with Crippen molar-refractivity contribution in [3.63, 3.8) is 0 Å². The fraction of sp³-hybridized carbons (Fsp3) is 0.364. The maximum atomic E-state index is 4.91. The Morgan fingerprint density at radius 2 is 1.68 bits per heavy atom. The van der Waals surface area contributed by atoms with Gasteiger partial charge in [0, 0.05) is 17.0 Å². The molecule has 0 aliphatic heterocycles. The van der Waals surface area contributed by atoms with Gasteiger partial charge in [0.05, 0.1) is 5.52 Å². The normalized spacial score (nSPS) is 20.6. The number of para-hydroxylation sites is 1. The lowest BCUT2D eigenvalue weighted by atomic mass is 9.86. The van der Waals surface area contributed by atoms with E-state index in [1.54, 1.807) is 0 Å². The molecule has 1 N–H and O–H groups in total. The number of nitrogens with zero attached hydrogens (tertiary/aromatic N) is 2. The van der Waals surface area contributed by atoms with E-state index in [0.29, 0.717) is 12.0 Å². The van der Waals surface area contributed by atoms with Crippen molar-refractivity contribution in [3.8, 4) is 11.4 Å². The van der Waals surface area contributed by atoms with E-state index in [-0.39, 0.29) is 0 Å². The van der Waals surface area contributed by atoms with E-state index in [9.17, 15) is 0 Å². The standard InChI is InChI=1S/C22H25N3/c1-15-11-13-17(14-12-15)21-24-20-10-6-4-8-18(20)22(25-21)23-19-9-5-3-7-16(19)2/h4,6,8,10-14,16,19H,3,5,7,9H2,1-2H3,(H,23,24,25). The van der Waals surface area contributed by atoms with E-state index in [1.807, 2.05) is 6.07 Å². The van der Waals surface area contributed by atoms with Crippen molar-refractivity contribution in [3.05, 3.63) is 54.1 Å². The van der Waals surface area contributed by atoms with Crippen LogP contribution < -0.4 is 5.32 Å². The van der Waals surface area contributed by atoms with Gasteiger partial charge in [0.1, 0.15) is 5.82 Å². The minimum atomic E-state index is 0.498. The number of hydrogen-bond donors (Lipinski definition) is 1. The van der Waals surface area contributed by atoms with Crippen LogP contribution in [-0.4, -0.2) is 16.0 Å². The summed E-state index contributed by atoms with van der Waals surface area (Å²) in [5.74, 6) is 2.45. The summed E-state index contributed by atoms with van der Waals surface area (Å²) >= 11 is 0. The molecule has 1 fully saturated rings. The molecule has 1 aliphatic rings. The number of nitrogens with one attached hydrogen (secondary N) is 1. The minimum Gasteiger partial charge on any atom is -0.366 e. The van der Waals surface area contributed by atoms with Crippen LogP contribution in [0.15, 0.2) is 48.5 Å². The summed E-state index contributed by atoms with van der Waals surface area (Å²) in [5.41, 5.74) is 3.31. The quantitative estimate of drug-likeness (QED) is 0.679. The Balaban J connectivity index is 1.77. The van der Waals surface area contributed by atoms with Crippen LogP contribution in [-0.2, 0) is 0 Å². The molecule has 0 radical (unpaired) electrons. The second kappa shape index (κ2) is 6.83. The zero-order valence-corrected chi connectivity index (χ0v) is 15.0. The van der Waals surface area contributed by atoms with Gasteiger partial charge in [-0.3, -0.25) is 0 Å². The molecule has 1 aliphatic carbocycles. The molecule has 1 heterocycles. The Hall–Kier alpha value is -2.42. The topological polar surface area (TPSA) is 37.8 Å². The van der Waals surface area contributed by atoms with Crippen LogP contribution in [0.2, 0.25) is 0 Å². The maximum Gasteiger partial charge on any atom is 0.162 e. The summed E-state index contributed by atoms with van der Waals surface area (Å²) in [5, 5.41) is 4.85. The molecule has 4 rings (SSSR count). The molecule has 0 spiro atoms. The van der Waals surface area contributed by atoms with Crippen LogP contribution in [0.3, 0.4) is 0 Å². The van der Waals surface area contributed by atoms with Gasteiger partial charge in [-0.05, 0) is 37.8 Å². The molecule has 2 atom stereocenters. The van der Waals surface area contributed by atoms with Crippen molar-refractivity contribution >= 4 is 16.7 Å². The lowest BCUT2D eigenvalue weighted by molar-refractivity contribution is 0.349. The first-order valence-electron chi connectivity index (χ1n) is 9.31. The number of anilines is 1. The minimum absolute atomic E-state index is 0.498. The third-order valence-corrected chi connectivity index (χ3v) is 5.35. The van der Waals surface area contributed by atoms with Gasteiger partial charge in [0.25, 0.3) is 0 Å². The molecular weight excluding hydrogens is 306 g/mol. The highest BCUT2D eigenvalue weighted by Crippen LogP contribution is 2.30. The first kappa shape index (κ1) is 16.1. The molecule has 128 valence electrons. The molecule has 0 saturated heterocycles. The van der Waals surface area contributed by atoms with Gasteiger partial charge >= 0.3 is 0 Å². The fourth-order valence-electron chi connectivity index (χ4n) is 3.72. The van der Waals surface area contributed by atoms with E-state index in [2.05, 4.69) is 61.6 Å². The van der Waals surface area contributed by atoms with E-state index in [1.165, 1.54) is 31.2 Å². The molecule has 25 heavy (non-hydrogen) atoms. The van der Waals surface area contributed by atoms with Gasteiger partial charge in [-0.1, -0.05) is 61.7 Å². The Morgan fingerprint density at radius 3 is 2.48 bits per heavy atom. The second-order valence-corrected chi connectivity index (χ2v) is 7.29. The van der Waals surface area contributed by atoms with Gasteiger partial charge in [-0.15, -0.1) is 0 Å². The zero-order chi connectivity index (χ0) is 17.2. The predicted octanol–water partition coefficient (Wildman–Crippen LogP) is 5.60. The molecule has 1 saturated carbocycles. The van der Waals surface area contributed by atoms with Gasteiger partial charge in [0.15, 0.2) is 5.82 Å². The lowest BCUT2D eigenvalue weighted by Gasteiger charge is -2.30. The van der Waals surface area contributed by atoms with E-state index >= 15 is 0 Å². The molecular formula is C22H25N3. The van der Waals surface area contributed by atoms with Crippen LogP contribution >= 0.6 is 0 Å². The largest absolute Gasteiger partial charge is 0.366 e. The number of benzene rings is 2.